The maximum Gasteiger partial charge on any atom is 0.430 e. The highest BCUT2D eigenvalue weighted by Crippen LogP contribution is 2.18. The van der Waals surface area contributed by atoms with E-state index in [1.54, 1.807) is 36.1 Å². The lowest BCUT2D eigenvalue weighted by Gasteiger charge is -2.33. The van der Waals surface area contributed by atoms with E-state index >= 15 is 0 Å². The summed E-state index contributed by atoms with van der Waals surface area (Å²) in [5, 5.41) is 18.5. The number of piperazine rings is 1. The number of carbonyl (C=O) groups excluding carboxylic acids is 2. The van der Waals surface area contributed by atoms with Crippen LogP contribution < -0.4 is 5.32 Å². The number of amides is 2. The van der Waals surface area contributed by atoms with E-state index < -0.39 is 11.0 Å². The third-order valence-corrected chi connectivity index (χ3v) is 4.98. The number of non-ortho nitro benzene ring substituents is 1. The summed E-state index contributed by atoms with van der Waals surface area (Å²) < 4.78 is 4.97. The molecule has 2 heterocycles. The highest BCUT2D eigenvalue weighted by Gasteiger charge is 2.24. The van der Waals surface area contributed by atoms with Crippen molar-refractivity contribution >= 4 is 23.4 Å². The number of aryl methyl sites for hydroxylation is 1. The summed E-state index contributed by atoms with van der Waals surface area (Å²) in [6.07, 6.45) is -0.712. The summed E-state index contributed by atoms with van der Waals surface area (Å²) in [4.78, 5) is 46.1. The fourth-order valence-corrected chi connectivity index (χ4v) is 3.27. The number of anilines is 1. The predicted molar refractivity (Wildman–Crippen MR) is 115 cm³/mol. The Labute approximate surface area is 187 Å². The molecule has 0 aliphatic carbocycles. The number of nitro groups is 1. The molecule has 12 heteroatoms. The lowest BCUT2D eigenvalue weighted by Crippen LogP contribution is -2.49. The van der Waals surface area contributed by atoms with Crippen LogP contribution in [0.15, 0.2) is 53.1 Å². The highest BCUT2D eigenvalue weighted by molar-refractivity contribution is 5.94. The quantitative estimate of drug-likeness (QED) is 0.456. The predicted octanol–water partition coefficient (Wildman–Crippen LogP) is 2.87. The second kappa shape index (κ2) is 9.44. The fourth-order valence-electron chi connectivity index (χ4n) is 3.27. The summed E-state index contributed by atoms with van der Waals surface area (Å²) in [5.41, 5.74) is 1.58. The molecule has 33 heavy (non-hydrogen) atoms. The van der Waals surface area contributed by atoms with Crippen LogP contribution in [0.1, 0.15) is 16.2 Å². The number of hydroxylamine groups is 2. The number of benzene rings is 2. The van der Waals surface area contributed by atoms with Gasteiger partial charge in [-0.15, -0.1) is 5.06 Å². The summed E-state index contributed by atoms with van der Waals surface area (Å²) in [5.74, 6) is 0.803. The van der Waals surface area contributed by atoms with Crippen LogP contribution in [0.3, 0.4) is 0 Å². The van der Waals surface area contributed by atoms with Gasteiger partial charge in [-0.2, -0.15) is 4.98 Å². The molecule has 1 aromatic heterocycles. The molecule has 0 spiro atoms. The molecule has 0 unspecified atom stereocenters. The van der Waals surface area contributed by atoms with Gasteiger partial charge in [0.25, 0.3) is 11.6 Å². The Hall–Kier alpha value is -4.32. The summed E-state index contributed by atoms with van der Waals surface area (Å²) in [6, 6.07) is 12.4. The van der Waals surface area contributed by atoms with Crippen LogP contribution in [0.2, 0.25) is 0 Å². The minimum Gasteiger partial charge on any atom is -0.351 e. The topological polar surface area (TPSA) is 144 Å². The smallest absolute Gasteiger partial charge is 0.351 e. The first-order valence-electron chi connectivity index (χ1n) is 10.1. The van der Waals surface area contributed by atoms with E-state index in [0.717, 1.165) is 5.56 Å². The van der Waals surface area contributed by atoms with Gasteiger partial charge in [0.05, 0.1) is 18.0 Å². The zero-order valence-corrected chi connectivity index (χ0v) is 17.6. The molecular formula is C21H20N6O6. The van der Waals surface area contributed by atoms with Gasteiger partial charge in [0.1, 0.15) is 0 Å². The van der Waals surface area contributed by atoms with Crippen molar-refractivity contribution in [1.29, 1.82) is 0 Å². The molecular weight excluding hydrogens is 432 g/mol. The third-order valence-electron chi connectivity index (χ3n) is 4.98. The van der Waals surface area contributed by atoms with Gasteiger partial charge in [0.15, 0.2) is 0 Å². The van der Waals surface area contributed by atoms with Crippen molar-refractivity contribution in [3.8, 4) is 11.4 Å². The van der Waals surface area contributed by atoms with E-state index in [4.69, 9.17) is 9.36 Å². The molecule has 170 valence electrons. The Morgan fingerprint density at radius 2 is 1.73 bits per heavy atom. The van der Waals surface area contributed by atoms with Gasteiger partial charge in [-0.25, -0.2) is 4.79 Å². The second-order valence-electron chi connectivity index (χ2n) is 7.24. The van der Waals surface area contributed by atoms with Crippen LogP contribution in [0.5, 0.6) is 0 Å². The van der Waals surface area contributed by atoms with E-state index in [-0.39, 0.29) is 11.6 Å². The number of nitrogens with one attached hydrogen (secondary N) is 1. The maximum absolute atomic E-state index is 12.8. The molecule has 0 atom stereocenters. The Morgan fingerprint density at radius 3 is 2.30 bits per heavy atom. The molecule has 0 radical (unpaired) electrons. The summed E-state index contributed by atoms with van der Waals surface area (Å²) >= 11 is 0. The lowest BCUT2D eigenvalue weighted by atomic mass is 10.1. The molecule has 2 aromatic carbocycles. The van der Waals surface area contributed by atoms with Gasteiger partial charge in [0.2, 0.25) is 11.7 Å². The summed E-state index contributed by atoms with van der Waals surface area (Å²) in [6.45, 7) is 3.17. The number of hydrogen-bond donors (Lipinski definition) is 1. The van der Waals surface area contributed by atoms with Gasteiger partial charge < -0.3 is 14.3 Å². The van der Waals surface area contributed by atoms with Crippen molar-refractivity contribution in [2.45, 2.75) is 6.92 Å². The van der Waals surface area contributed by atoms with Gasteiger partial charge in [-0.3, -0.25) is 20.2 Å². The van der Waals surface area contributed by atoms with Gasteiger partial charge >= 0.3 is 6.09 Å². The largest absolute Gasteiger partial charge is 0.430 e. The molecule has 0 bridgehead atoms. The van der Waals surface area contributed by atoms with E-state index in [0.29, 0.717) is 49.1 Å². The van der Waals surface area contributed by atoms with Gasteiger partial charge in [-0.05, 0) is 24.3 Å². The van der Waals surface area contributed by atoms with Crippen molar-refractivity contribution in [2.24, 2.45) is 0 Å². The number of rotatable bonds is 5. The fraction of sp³-hybridized carbons (Fsp3) is 0.238. The van der Waals surface area contributed by atoms with E-state index in [1.165, 1.54) is 29.3 Å². The minimum absolute atomic E-state index is 0.0748. The van der Waals surface area contributed by atoms with Gasteiger partial charge in [0, 0.05) is 49.0 Å². The second-order valence-corrected chi connectivity index (χ2v) is 7.24. The zero-order chi connectivity index (χ0) is 23.4. The molecule has 1 fully saturated rings. The average Bonchev–Trinajstić information content (AvgIpc) is 3.26. The molecule has 0 saturated carbocycles. The van der Waals surface area contributed by atoms with Crippen molar-refractivity contribution in [3.63, 3.8) is 0 Å². The standard InChI is InChI=1S/C21H20N6O6/c1-14-22-19(24-32-14)15-2-4-16(5-3-15)20(28)25-10-12-26(13-11-25)33-21(29)23-17-6-8-18(9-7-17)27(30)31/h2-9H,10-13H2,1H3,(H,23,29). The van der Waals surface area contributed by atoms with Gasteiger partial charge in [-0.1, -0.05) is 17.3 Å². The molecule has 12 nitrogen and oxygen atoms in total. The van der Waals surface area contributed by atoms with Crippen LogP contribution in [0.25, 0.3) is 11.4 Å². The Balaban J connectivity index is 1.26. The zero-order valence-electron chi connectivity index (χ0n) is 17.6. The first-order valence-corrected chi connectivity index (χ1v) is 10.1. The number of aromatic nitrogens is 2. The van der Waals surface area contributed by atoms with Crippen molar-refractivity contribution < 1.29 is 23.9 Å². The van der Waals surface area contributed by atoms with Crippen LogP contribution in [0, 0.1) is 17.0 Å². The van der Waals surface area contributed by atoms with E-state index in [9.17, 15) is 19.7 Å². The Morgan fingerprint density at radius 1 is 1.06 bits per heavy atom. The normalized spacial score (nSPS) is 14.0. The maximum atomic E-state index is 12.8. The molecule has 3 aromatic rings. The van der Waals surface area contributed by atoms with Crippen LogP contribution >= 0.6 is 0 Å². The monoisotopic (exact) mass is 452 g/mol. The number of nitro benzene ring substituents is 1. The number of carbonyl (C=O) groups is 2. The Kier molecular flexibility index (Phi) is 6.26. The van der Waals surface area contributed by atoms with Crippen molar-refractivity contribution in [3.05, 3.63) is 70.1 Å². The Bertz CT molecular complexity index is 1150. The molecule has 2 amide bonds. The van der Waals surface area contributed by atoms with Crippen LogP contribution in [-0.4, -0.2) is 63.2 Å². The molecule has 1 aliphatic heterocycles. The first-order chi connectivity index (χ1) is 15.9. The van der Waals surface area contributed by atoms with Crippen LogP contribution in [-0.2, 0) is 4.84 Å². The number of nitrogens with zero attached hydrogens (tertiary/aromatic N) is 5. The first kappa shape index (κ1) is 21.9. The van der Waals surface area contributed by atoms with E-state index in [2.05, 4.69) is 15.5 Å². The lowest BCUT2D eigenvalue weighted by molar-refractivity contribution is -0.384. The van der Waals surface area contributed by atoms with Crippen molar-refractivity contribution in [1.82, 2.24) is 20.1 Å². The average molecular weight is 452 g/mol. The van der Waals surface area contributed by atoms with Crippen LogP contribution in [0.4, 0.5) is 16.2 Å². The molecule has 4 rings (SSSR count). The molecule has 1 N–H and O–H groups in total. The highest BCUT2D eigenvalue weighted by atomic mass is 16.7. The minimum atomic E-state index is -0.712. The molecule has 1 aliphatic rings. The molecule has 1 saturated heterocycles. The third kappa shape index (κ3) is 5.30. The van der Waals surface area contributed by atoms with Crippen molar-refractivity contribution in [2.75, 3.05) is 31.5 Å². The van der Waals surface area contributed by atoms with E-state index in [1.807, 2.05) is 0 Å². The SMILES string of the molecule is Cc1nc(-c2ccc(C(=O)N3CCN(OC(=O)Nc4ccc([N+](=O)[O-])cc4)CC3)cc2)no1. The number of hydrogen-bond acceptors (Lipinski definition) is 9. The summed E-state index contributed by atoms with van der Waals surface area (Å²) in [7, 11) is 0.